The van der Waals surface area contributed by atoms with Gasteiger partial charge in [0.25, 0.3) is 0 Å². The molecule has 0 unspecified atom stereocenters. The monoisotopic (exact) mass is 826 g/mol. The first-order valence-electron chi connectivity index (χ1n) is 22.7. The lowest BCUT2D eigenvalue weighted by Crippen LogP contribution is -1.94. The Morgan fingerprint density at radius 3 is 1.09 bits per heavy atom. The maximum absolute atomic E-state index is 6.46. The number of fused-ring (bicyclic) bond motifs is 15. The summed E-state index contributed by atoms with van der Waals surface area (Å²) in [6, 6.07) is 76.5. The summed E-state index contributed by atoms with van der Waals surface area (Å²) in [7, 11) is 0. The number of nitrogens with zero attached hydrogens (tertiary/aromatic N) is 2. The normalized spacial score (nSPS) is 12.8. The Kier molecular flexibility index (Phi) is 7.06. The van der Waals surface area contributed by atoms with Crippen molar-refractivity contribution >= 4 is 65.6 Å². The first-order valence-corrected chi connectivity index (χ1v) is 22.7. The van der Waals surface area contributed by atoms with Crippen LogP contribution in [0.25, 0.3) is 121 Å². The number of benzene rings is 10. The minimum Gasteiger partial charge on any atom is -0.456 e. The summed E-state index contributed by atoms with van der Waals surface area (Å²) in [6.45, 7) is 0. The number of para-hydroxylation sites is 4. The van der Waals surface area contributed by atoms with Crippen molar-refractivity contribution < 1.29 is 4.42 Å². The van der Waals surface area contributed by atoms with Crippen molar-refractivity contribution in [3.63, 3.8) is 0 Å². The van der Waals surface area contributed by atoms with Crippen LogP contribution in [-0.4, -0.2) is 9.13 Å². The third-order valence-electron chi connectivity index (χ3n) is 14.6. The van der Waals surface area contributed by atoms with Gasteiger partial charge in [-0.15, -0.1) is 0 Å². The molecule has 2 aliphatic carbocycles. The second kappa shape index (κ2) is 13.1. The summed E-state index contributed by atoms with van der Waals surface area (Å²) in [5.74, 6) is 0. The topological polar surface area (TPSA) is 23.0 Å². The molecule has 0 amide bonds. The lowest BCUT2D eigenvalue weighted by molar-refractivity contribution is 0.669. The lowest BCUT2D eigenvalue weighted by Gasteiger charge is -2.12. The average Bonchev–Trinajstić information content (AvgIpc) is 4.17. The maximum Gasteiger partial charge on any atom is 0.135 e. The number of rotatable bonds is 4. The summed E-state index contributed by atoms with van der Waals surface area (Å²) in [5, 5.41) is 7.35. The van der Waals surface area contributed by atoms with Crippen LogP contribution in [0.3, 0.4) is 0 Å². The Hall–Kier alpha value is -8.40. The predicted octanol–water partition coefficient (Wildman–Crippen LogP) is 16.3. The van der Waals surface area contributed by atoms with Gasteiger partial charge in [-0.3, -0.25) is 0 Å². The SMILES string of the molecule is c1ccc2c(c1)c1ccccc1n2-c1ccc2c(c1)-c1cc(-c3ccc4c(c3)-c3cc(-c5ccc6oc7ccc(-n8c9ccccc9c9ccccc98)cc7c6c5)ccc3C4)ccc1C2. The molecule has 0 N–H and O–H groups in total. The number of hydrogen-bond acceptors (Lipinski definition) is 1. The molecule has 0 bridgehead atoms. The fourth-order valence-corrected chi connectivity index (χ4v) is 11.5. The van der Waals surface area contributed by atoms with Crippen LogP contribution in [0.5, 0.6) is 0 Å². The van der Waals surface area contributed by atoms with Crippen molar-refractivity contribution in [3.05, 3.63) is 229 Å². The highest BCUT2D eigenvalue weighted by atomic mass is 16.3. The van der Waals surface area contributed by atoms with Gasteiger partial charge in [0.05, 0.1) is 22.1 Å². The molecule has 3 heteroatoms. The molecule has 3 aromatic heterocycles. The van der Waals surface area contributed by atoms with E-state index in [0.717, 1.165) is 40.5 Å². The average molecular weight is 827 g/mol. The zero-order valence-electron chi connectivity index (χ0n) is 35.3. The zero-order valence-corrected chi connectivity index (χ0v) is 35.3. The van der Waals surface area contributed by atoms with E-state index in [4.69, 9.17) is 4.42 Å². The first kappa shape index (κ1) is 35.1. The van der Waals surface area contributed by atoms with Crippen molar-refractivity contribution in [2.45, 2.75) is 12.8 Å². The fourth-order valence-electron chi connectivity index (χ4n) is 11.5. The second-order valence-corrected chi connectivity index (χ2v) is 18.0. The van der Waals surface area contributed by atoms with E-state index in [2.05, 4.69) is 215 Å². The third kappa shape index (κ3) is 5.06. The molecular weight excluding hydrogens is 789 g/mol. The molecule has 0 spiro atoms. The summed E-state index contributed by atoms with van der Waals surface area (Å²) in [5.41, 5.74) is 24.8. The number of aromatic nitrogens is 2. The summed E-state index contributed by atoms with van der Waals surface area (Å²) in [6.07, 6.45) is 1.91. The van der Waals surface area contributed by atoms with Crippen LogP contribution in [0.1, 0.15) is 22.3 Å². The van der Waals surface area contributed by atoms with E-state index >= 15 is 0 Å². The summed E-state index contributed by atoms with van der Waals surface area (Å²) < 4.78 is 11.3. The highest BCUT2D eigenvalue weighted by Crippen LogP contribution is 2.45. The highest BCUT2D eigenvalue weighted by Gasteiger charge is 2.24. The molecular formula is C62H38N2O. The van der Waals surface area contributed by atoms with Crippen LogP contribution in [0.4, 0.5) is 0 Å². The molecule has 3 nitrogen and oxygen atoms in total. The van der Waals surface area contributed by atoms with Gasteiger partial charge in [-0.25, -0.2) is 0 Å². The van der Waals surface area contributed by atoms with Crippen molar-refractivity contribution in [1.29, 1.82) is 0 Å². The van der Waals surface area contributed by atoms with Crippen LogP contribution in [0.15, 0.2) is 211 Å². The molecule has 0 saturated carbocycles. The van der Waals surface area contributed by atoms with Gasteiger partial charge in [0.15, 0.2) is 0 Å². The second-order valence-electron chi connectivity index (χ2n) is 18.0. The lowest BCUT2D eigenvalue weighted by atomic mass is 9.94. The Bertz CT molecular complexity index is 4090. The molecule has 65 heavy (non-hydrogen) atoms. The highest BCUT2D eigenvalue weighted by molar-refractivity contribution is 6.12. The Morgan fingerprint density at radius 1 is 0.277 bits per heavy atom. The van der Waals surface area contributed by atoms with Gasteiger partial charge in [0, 0.05) is 43.7 Å². The van der Waals surface area contributed by atoms with Crippen LogP contribution in [-0.2, 0) is 12.8 Å². The van der Waals surface area contributed by atoms with E-state index in [1.807, 2.05) is 0 Å². The Morgan fingerprint density at radius 2 is 0.615 bits per heavy atom. The molecule has 0 aliphatic heterocycles. The smallest absolute Gasteiger partial charge is 0.135 e. The number of hydrogen-bond donors (Lipinski definition) is 0. The maximum atomic E-state index is 6.46. The van der Waals surface area contributed by atoms with Crippen LogP contribution in [0, 0.1) is 0 Å². The molecule has 302 valence electrons. The summed E-state index contributed by atoms with van der Waals surface area (Å²) >= 11 is 0. The molecule has 3 heterocycles. The van der Waals surface area contributed by atoms with E-state index in [1.165, 1.54) is 116 Å². The Labute approximate surface area is 374 Å². The molecule has 10 aromatic carbocycles. The number of furan rings is 1. The summed E-state index contributed by atoms with van der Waals surface area (Å²) in [4.78, 5) is 0. The quantitative estimate of drug-likeness (QED) is 0.173. The van der Waals surface area contributed by atoms with Gasteiger partial charge in [0.1, 0.15) is 11.2 Å². The molecule has 0 radical (unpaired) electrons. The molecule has 0 saturated heterocycles. The van der Waals surface area contributed by atoms with E-state index in [-0.39, 0.29) is 0 Å². The molecule has 0 fully saturated rings. The largest absolute Gasteiger partial charge is 0.456 e. The van der Waals surface area contributed by atoms with Crippen molar-refractivity contribution in [3.8, 4) is 55.9 Å². The van der Waals surface area contributed by atoms with Gasteiger partial charge in [-0.1, -0.05) is 121 Å². The minimum absolute atomic E-state index is 0.899. The van der Waals surface area contributed by atoms with E-state index in [1.54, 1.807) is 0 Å². The van der Waals surface area contributed by atoms with Gasteiger partial charge in [0.2, 0.25) is 0 Å². The van der Waals surface area contributed by atoms with Gasteiger partial charge >= 0.3 is 0 Å². The molecule has 2 aliphatic rings. The van der Waals surface area contributed by atoms with E-state index in [0.29, 0.717) is 0 Å². The van der Waals surface area contributed by atoms with Gasteiger partial charge < -0.3 is 13.6 Å². The van der Waals surface area contributed by atoms with Crippen molar-refractivity contribution in [2.24, 2.45) is 0 Å². The molecule has 0 atom stereocenters. The minimum atomic E-state index is 0.899. The fraction of sp³-hybridized carbons (Fsp3) is 0.0323. The van der Waals surface area contributed by atoms with Crippen LogP contribution < -0.4 is 0 Å². The predicted molar refractivity (Wildman–Crippen MR) is 270 cm³/mol. The van der Waals surface area contributed by atoms with Crippen LogP contribution in [0.2, 0.25) is 0 Å². The van der Waals surface area contributed by atoms with E-state index in [9.17, 15) is 0 Å². The van der Waals surface area contributed by atoms with Gasteiger partial charge in [-0.05, 0) is 165 Å². The van der Waals surface area contributed by atoms with E-state index < -0.39 is 0 Å². The van der Waals surface area contributed by atoms with Gasteiger partial charge in [-0.2, -0.15) is 0 Å². The van der Waals surface area contributed by atoms with Crippen molar-refractivity contribution in [1.82, 2.24) is 9.13 Å². The molecule has 13 aromatic rings. The Balaban J connectivity index is 0.793. The van der Waals surface area contributed by atoms with Crippen molar-refractivity contribution in [2.75, 3.05) is 0 Å². The standard InChI is InChI=1S/C62H38N2O/c1-5-13-57-47(9-1)48-10-2-6-14-58(48)63(57)45-25-23-44-30-43-22-18-38(33-53(43)54(44)35-45)37-17-20-41-29-42-21-19-39(32-52(42)51(41)31-37)40-24-27-61-55(34-40)56-36-46(26-28-62(56)65-61)64-59-15-7-3-11-49(59)50-12-4-8-16-60(50)64/h1-28,31-36H,29-30H2. The molecule has 15 rings (SSSR count). The van der Waals surface area contributed by atoms with Crippen LogP contribution >= 0.6 is 0 Å². The third-order valence-corrected chi connectivity index (χ3v) is 14.6. The first-order chi connectivity index (χ1) is 32.2. The zero-order chi connectivity index (χ0) is 42.3.